The lowest BCUT2D eigenvalue weighted by Crippen LogP contribution is -2.50. The number of methoxy groups -OCH3 is 1. The average molecular weight is 340 g/mol. The van der Waals surface area contributed by atoms with Crippen molar-refractivity contribution in [3.05, 3.63) is 34.3 Å². The highest BCUT2D eigenvalue weighted by Gasteiger charge is 2.45. The number of halogens is 1. The van der Waals surface area contributed by atoms with Gasteiger partial charge in [0.05, 0.1) is 6.61 Å². The molecule has 1 N–H and O–H groups in total. The van der Waals surface area contributed by atoms with Gasteiger partial charge >= 0.3 is 0 Å². The highest BCUT2D eigenvalue weighted by molar-refractivity contribution is 9.10. The summed E-state index contributed by atoms with van der Waals surface area (Å²) in [6.07, 6.45) is 2.60. The maximum Gasteiger partial charge on any atom is 0.0587 e. The molecule has 112 valence electrons. The zero-order valence-electron chi connectivity index (χ0n) is 12.8. The molecule has 20 heavy (non-hydrogen) atoms. The number of hydrogen-bond donors (Lipinski definition) is 1. The molecule has 0 aliphatic heterocycles. The smallest absolute Gasteiger partial charge is 0.0587 e. The molecule has 0 unspecified atom stereocenters. The normalized spacial score (nSPS) is 25.8. The Morgan fingerprint density at radius 3 is 2.50 bits per heavy atom. The van der Waals surface area contributed by atoms with E-state index < -0.39 is 0 Å². The van der Waals surface area contributed by atoms with E-state index in [0.717, 1.165) is 36.0 Å². The molecule has 0 spiro atoms. The fraction of sp³-hybridized carbons (Fsp3) is 0.647. The molecule has 0 amide bonds. The van der Waals surface area contributed by atoms with Crippen molar-refractivity contribution in [3.63, 3.8) is 0 Å². The van der Waals surface area contributed by atoms with Crippen molar-refractivity contribution in [2.24, 2.45) is 11.8 Å². The molecule has 1 fully saturated rings. The molecule has 1 aromatic carbocycles. The summed E-state index contributed by atoms with van der Waals surface area (Å²) in [6, 6.07) is 8.88. The van der Waals surface area contributed by atoms with Gasteiger partial charge in [0.25, 0.3) is 0 Å². The van der Waals surface area contributed by atoms with Crippen LogP contribution in [0.2, 0.25) is 0 Å². The second-order valence-electron chi connectivity index (χ2n) is 6.37. The number of nitrogens with one attached hydrogen (secondary N) is 1. The summed E-state index contributed by atoms with van der Waals surface area (Å²) in [4.78, 5) is 0. The Balaban J connectivity index is 2.03. The van der Waals surface area contributed by atoms with Gasteiger partial charge in [0.1, 0.15) is 0 Å². The number of ether oxygens (including phenoxy) is 1. The van der Waals surface area contributed by atoms with Crippen molar-refractivity contribution < 1.29 is 4.74 Å². The highest BCUT2D eigenvalue weighted by atomic mass is 79.9. The molecule has 3 heteroatoms. The topological polar surface area (TPSA) is 21.3 Å². The molecule has 0 bridgehead atoms. The van der Waals surface area contributed by atoms with E-state index in [9.17, 15) is 0 Å². The molecule has 0 atom stereocenters. The van der Waals surface area contributed by atoms with E-state index in [1.54, 1.807) is 7.11 Å². The van der Waals surface area contributed by atoms with E-state index in [1.807, 2.05) is 0 Å². The molecule has 2 rings (SSSR count). The average Bonchev–Trinajstić information content (AvgIpc) is 2.38. The third-order valence-corrected chi connectivity index (χ3v) is 5.18. The van der Waals surface area contributed by atoms with Crippen molar-refractivity contribution in [3.8, 4) is 0 Å². The van der Waals surface area contributed by atoms with Gasteiger partial charge in [-0.3, -0.25) is 0 Å². The molecule has 1 aliphatic carbocycles. The Bertz CT molecular complexity index is 410. The predicted molar refractivity (Wildman–Crippen MR) is 88.1 cm³/mol. The minimum atomic E-state index is 0.323. The van der Waals surface area contributed by atoms with Crippen molar-refractivity contribution in [1.29, 1.82) is 0 Å². The lowest BCUT2D eigenvalue weighted by molar-refractivity contribution is 0.0949. The molecule has 0 heterocycles. The Hall–Kier alpha value is -0.380. The van der Waals surface area contributed by atoms with Crippen LogP contribution in [0.4, 0.5) is 0 Å². The third-order valence-electron chi connectivity index (χ3n) is 4.65. The zero-order valence-corrected chi connectivity index (χ0v) is 14.4. The largest absolute Gasteiger partial charge is 0.383 e. The van der Waals surface area contributed by atoms with Gasteiger partial charge in [0.15, 0.2) is 0 Å². The fourth-order valence-electron chi connectivity index (χ4n) is 3.20. The third kappa shape index (κ3) is 3.63. The summed E-state index contributed by atoms with van der Waals surface area (Å²) in [7, 11) is 1.75. The van der Waals surface area contributed by atoms with Crippen LogP contribution >= 0.6 is 15.9 Å². The lowest BCUT2D eigenvalue weighted by atomic mass is 9.56. The van der Waals surface area contributed by atoms with Crippen LogP contribution in [-0.4, -0.2) is 26.8 Å². The highest BCUT2D eigenvalue weighted by Crippen LogP contribution is 2.50. The van der Waals surface area contributed by atoms with E-state index in [-0.39, 0.29) is 0 Å². The Morgan fingerprint density at radius 1 is 1.30 bits per heavy atom. The van der Waals surface area contributed by atoms with Crippen LogP contribution in [0.3, 0.4) is 0 Å². The van der Waals surface area contributed by atoms with Gasteiger partial charge in [-0.2, -0.15) is 0 Å². The summed E-state index contributed by atoms with van der Waals surface area (Å²) in [5.74, 6) is 1.65. The van der Waals surface area contributed by atoms with E-state index in [4.69, 9.17) is 4.74 Å². The molecule has 0 radical (unpaired) electrons. The summed E-state index contributed by atoms with van der Waals surface area (Å²) in [5.41, 5.74) is 1.80. The van der Waals surface area contributed by atoms with Crippen molar-refractivity contribution in [1.82, 2.24) is 5.32 Å². The summed E-state index contributed by atoms with van der Waals surface area (Å²) < 4.78 is 6.28. The van der Waals surface area contributed by atoms with Crippen LogP contribution in [0.1, 0.15) is 32.3 Å². The van der Waals surface area contributed by atoms with Crippen LogP contribution in [-0.2, 0) is 10.2 Å². The first-order valence-electron chi connectivity index (χ1n) is 7.53. The number of rotatable bonds is 7. The molecule has 0 aromatic heterocycles. The van der Waals surface area contributed by atoms with Gasteiger partial charge in [0.2, 0.25) is 0 Å². The first-order valence-corrected chi connectivity index (χ1v) is 8.32. The van der Waals surface area contributed by atoms with E-state index >= 15 is 0 Å². The van der Waals surface area contributed by atoms with Crippen molar-refractivity contribution in [2.45, 2.75) is 32.1 Å². The van der Waals surface area contributed by atoms with Gasteiger partial charge in [-0.1, -0.05) is 41.9 Å². The van der Waals surface area contributed by atoms with Gasteiger partial charge < -0.3 is 10.1 Å². The number of benzene rings is 1. The lowest BCUT2D eigenvalue weighted by Gasteiger charge is -2.50. The maximum absolute atomic E-state index is 5.12. The summed E-state index contributed by atoms with van der Waals surface area (Å²) >= 11 is 3.53. The molecule has 1 aliphatic rings. The molecule has 0 saturated heterocycles. The monoisotopic (exact) mass is 339 g/mol. The van der Waals surface area contributed by atoms with E-state index in [0.29, 0.717) is 5.41 Å². The molecular weight excluding hydrogens is 314 g/mol. The Labute approximate surface area is 131 Å². The summed E-state index contributed by atoms with van der Waals surface area (Å²) in [6.45, 7) is 7.45. The standard InChI is InChI=1S/C17H26BrNO/c1-13(2)14-10-17(11-14,12-19-8-9-20-3)15-4-6-16(18)7-5-15/h4-7,13-14,19H,8-12H2,1-3H3. The van der Waals surface area contributed by atoms with Gasteiger partial charge in [-0.25, -0.2) is 0 Å². The first kappa shape index (κ1) is 16.0. The van der Waals surface area contributed by atoms with Gasteiger partial charge in [0, 0.05) is 30.1 Å². The molecule has 2 nitrogen and oxygen atoms in total. The maximum atomic E-state index is 5.12. The van der Waals surface area contributed by atoms with Crippen LogP contribution in [0, 0.1) is 11.8 Å². The van der Waals surface area contributed by atoms with Gasteiger partial charge in [-0.15, -0.1) is 0 Å². The van der Waals surface area contributed by atoms with Crippen molar-refractivity contribution >= 4 is 15.9 Å². The first-order chi connectivity index (χ1) is 9.57. The zero-order chi connectivity index (χ0) is 14.6. The van der Waals surface area contributed by atoms with Crippen LogP contribution in [0.25, 0.3) is 0 Å². The predicted octanol–water partition coefficient (Wildman–Crippen LogP) is 3.99. The van der Waals surface area contributed by atoms with Gasteiger partial charge in [-0.05, 0) is 42.4 Å². The van der Waals surface area contributed by atoms with Crippen LogP contribution < -0.4 is 5.32 Å². The van der Waals surface area contributed by atoms with Crippen molar-refractivity contribution in [2.75, 3.05) is 26.8 Å². The second kappa shape index (κ2) is 7.06. The molecule has 1 aromatic rings. The Morgan fingerprint density at radius 2 is 1.95 bits per heavy atom. The van der Waals surface area contributed by atoms with Crippen LogP contribution in [0.5, 0.6) is 0 Å². The minimum Gasteiger partial charge on any atom is -0.383 e. The number of hydrogen-bond acceptors (Lipinski definition) is 2. The quantitative estimate of drug-likeness (QED) is 0.758. The molecule has 1 saturated carbocycles. The minimum absolute atomic E-state index is 0.323. The second-order valence-corrected chi connectivity index (χ2v) is 7.28. The SMILES string of the molecule is COCCNCC1(c2ccc(Br)cc2)CC(C(C)C)C1. The molecular formula is C17H26BrNO. The van der Waals surface area contributed by atoms with E-state index in [2.05, 4.69) is 59.4 Å². The fourth-order valence-corrected chi connectivity index (χ4v) is 3.47. The Kier molecular flexibility index (Phi) is 5.65. The van der Waals surface area contributed by atoms with Crippen LogP contribution in [0.15, 0.2) is 28.7 Å². The van der Waals surface area contributed by atoms with E-state index in [1.165, 1.54) is 18.4 Å². The summed E-state index contributed by atoms with van der Waals surface area (Å²) in [5, 5.41) is 3.56.